The molecule has 104 valence electrons. The van der Waals surface area contributed by atoms with Crippen molar-refractivity contribution in [3.8, 4) is 11.3 Å². The fraction of sp³-hybridized carbons (Fsp3) is 0.375. The van der Waals surface area contributed by atoms with Crippen molar-refractivity contribution < 1.29 is 9.26 Å². The summed E-state index contributed by atoms with van der Waals surface area (Å²) in [6.07, 6.45) is 0.762. The molecular formula is C16H18N2O2. The molecule has 1 aliphatic rings. The molecule has 0 spiro atoms. The number of benzene rings is 1. The van der Waals surface area contributed by atoms with Crippen molar-refractivity contribution >= 4 is 5.90 Å². The van der Waals surface area contributed by atoms with Gasteiger partial charge in [0.1, 0.15) is 23.6 Å². The van der Waals surface area contributed by atoms with E-state index in [9.17, 15) is 0 Å². The highest BCUT2D eigenvalue weighted by Crippen LogP contribution is 2.30. The molecular weight excluding hydrogens is 252 g/mol. The Kier molecular flexibility index (Phi) is 3.08. The van der Waals surface area contributed by atoms with Crippen molar-refractivity contribution in [2.24, 2.45) is 4.99 Å². The van der Waals surface area contributed by atoms with Gasteiger partial charge in [0.2, 0.25) is 5.90 Å². The summed E-state index contributed by atoms with van der Waals surface area (Å²) in [7, 11) is 0. The molecule has 4 heteroatoms. The van der Waals surface area contributed by atoms with Gasteiger partial charge in [-0.2, -0.15) is 0 Å². The van der Waals surface area contributed by atoms with E-state index in [0.717, 1.165) is 29.0 Å². The Labute approximate surface area is 118 Å². The fourth-order valence-electron chi connectivity index (χ4n) is 2.29. The van der Waals surface area contributed by atoms with Crippen molar-refractivity contribution in [3.63, 3.8) is 0 Å². The van der Waals surface area contributed by atoms with Crippen LogP contribution in [0.2, 0.25) is 0 Å². The Hall–Kier alpha value is -2.10. The van der Waals surface area contributed by atoms with Crippen LogP contribution in [0.25, 0.3) is 11.3 Å². The van der Waals surface area contributed by atoms with Crippen LogP contribution in [0.5, 0.6) is 0 Å². The largest absolute Gasteiger partial charge is 0.475 e. The van der Waals surface area contributed by atoms with Gasteiger partial charge < -0.3 is 9.26 Å². The second kappa shape index (κ2) is 4.78. The molecule has 2 heterocycles. The SMILES string of the molecule is CCc1onc(-c2ccccc2)c1C1=NC(C)(C)CO1. The molecule has 1 aromatic heterocycles. The molecule has 0 atom stereocenters. The van der Waals surface area contributed by atoms with Crippen LogP contribution in [-0.4, -0.2) is 23.2 Å². The Balaban J connectivity index is 2.12. The molecule has 1 aliphatic heterocycles. The second-order valence-corrected chi connectivity index (χ2v) is 5.57. The molecule has 0 bridgehead atoms. The summed E-state index contributed by atoms with van der Waals surface area (Å²) in [5.74, 6) is 1.47. The third-order valence-corrected chi connectivity index (χ3v) is 3.31. The van der Waals surface area contributed by atoms with Crippen LogP contribution in [0.4, 0.5) is 0 Å². The minimum absolute atomic E-state index is 0.189. The van der Waals surface area contributed by atoms with Gasteiger partial charge in [0.15, 0.2) is 0 Å². The van der Waals surface area contributed by atoms with E-state index >= 15 is 0 Å². The van der Waals surface area contributed by atoms with Gasteiger partial charge in [-0.15, -0.1) is 0 Å². The van der Waals surface area contributed by atoms with Crippen LogP contribution < -0.4 is 0 Å². The molecule has 0 saturated heterocycles. The Morgan fingerprint density at radius 3 is 2.55 bits per heavy atom. The number of nitrogens with zero attached hydrogens (tertiary/aromatic N) is 2. The standard InChI is InChI=1S/C16H18N2O2/c1-4-12-13(15-17-16(2,3)10-19-15)14(18-20-12)11-8-6-5-7-9-11/h5-9H,4,10H2,1-3H3. The lowest BCUT2D eigenvalue weighted by Crippen LogP contribution is -2.17. The van der Waals surface area contributed by atoms with Gasteiger partial charge >= 0.3 is 0 Å². The summed E-state index contributed by atoms with van der Waals surface area (Å²) >= 11 is 0. The minimum Gasteiger partial charge on any atom is -0.475 e. The summed E-state index contributed by atoms with van der Waals surface area (Å²) in [6, 6.07) is 9.99. The first kappa shape index (κ1) is 12.9. The lowest BCUT2D eigenvalue weighted by atomic mass is 10.0. The average Bonchev–Trinajstić information content (AvgIpc) is 3.02. The summed E-state index contributed by atoms with van der Waals surface area (Å²) in [6.45, 7) is 6.74. The number of hydrogen-bond donors (Lipinski definition) is 0. The zero-order chi connectivity index (χ0) is 14.2. The van der Waals surface area contributed by atoms with Crippen LogP contribution in [-0.2, 0) is 11.2 Å². The molecule has 0 unspecified atom stereocenters. The molecule has 0 saturated carbocycles. The summed E-state index contributed by atoms with van der Waals surface area (Å²) in [4.78, 5) is 4.65. The van der Waals surface area contributed by atoms with Crippen molar-refractivity contribution in [1.82, 2.24) is 5.16 Å². The molecule has 4 nitrogen and oxygen atoms in total. The van der Waals surface area contributed by atoms with Gasteiger partial charge in [-0.25, -0.2) is 4.99 Å². The Bertz CT molecular complexity index is 642. The number of aryl methyl sites for hydroxylation is 1. The van der Waals surface area contributed by atoms with Crippen molar-refractivity contribution in [1.29, 1.82) is 0 Å². The number of hydrogen-bond acceptors (Lipinski definition) is 4. The summed E-state index contributed by atoms with van der Waals surface area (Å²) in [5, 5.41) is 4.21. The lowest BCUT2D eigenvalue weighted by Gasteiger charge is -2.07. The third-order valence-electron chi connectivity index (χ3n) is 3.31. The molecule has 0 aliphatic carbocycles. The first-order valence-electron chi connectivity index (χ1n) is 6.88. The van der Waals surface area contributed by atoms with E-state index in [4.69, 9.17) is 9.26 Å². The zero-order valence-corrected chi connectivity index (χ0v) is 12.0. The second-order valence-electron chi connectivity index (χ2n) is 5.57. The maximum absolute atomic E-state index is 5.77. The number of ether oxygens (including phenoxy) is 1. The zero-order valence-electron chi connectivity index (χ0n) is 12.0. The molecule has 0 radical (unpaired) electrons. The molecule has 1 aromatic carbocycles. The van der Waals surface area contributed by atoms with Crippen LogP contribution in [0.15, 0.2) is 39.8 Å². The molecule has 20 heavy (non-hydrogen) atoms. The first-order valence-corrected chi connectivity index (χ1v) is 6.88. The predicted octanol–water partition coefficient (Wildman–Crippen LogP) is 3.46. The van der Waals surface area contributed by atoms with Gasteiger partial charge in [-0.05, 0) is 13.8 Å². The minimum atomic E-state index is -0.189. The lowest BCUT2D eigenvalue weighted by molar-refractivity contribution is 0.279. The molecule has 3 rings (SSSR count). The highest BCUT2D eigenvalue weighted by molar-refractivity contribution is 6.01. The number of aliphatic imine (C=N–C) groups is 1. The smallest absolute Gasteiger partial charge is 0.222 e. The first-order chi connectivity index (χ1) is 9.61. The Morgan fingerprint density at radius 1 is 1.20 bits per heavy atom. The number of aromatic nitrogens is 1. The van der Waals surface area contributed by atoms with Crippen molar-refractivity contribution in [3.05, 3.63) is 41.7 Å². The molecule has 2 aromatic rings. The molecule has 0 amide bonds. The van der Waals surface area contributed by atoms with E-state index in [1.807, 2.05) is 37.3 Å². The fourth-order valence-corrected chi connectivity index (χ4v) is 2.29. The van der Waals surface area contributed by atoms with Crippen LogP contribution in [0.1, 0.15) is 32.1 Å². The maximum atomic E-state index is 5.77. The monoisotopic (exact) mass is 270 g/mol. The average molecular weight is 270 g/mol. The van der Waals surface area contributed by atoms with Crippen molar-refractivity contribution in [2.45, 2.75) is 32.7 Å². The Morgan fingerprint density at radius 2 is 1.95 bits per heavy atom. The van der Waals surface area contributed by atoms with Gasteiger partial charge in [-0.1, -0.05) is 42.4 Å². The third kappa shape index (κ3) is 2.22. The normalized spacial score (nSPS) is 16.9. The van der Waals surface area contributed by atoms with Gasteiger partial charge in [0, 0.05) is 12.0 Å². The molecule has 0 N–H and O–H groups in total. The maximum Gasteiger partial charge on any atom is 0.222 e. The quantitative estimate of drug-likeness (QED) is 0.858. The van der Waals surface area contributed by atoms with Gasteiger partial charge in [0.05, 0.1) is 5.54 Å². The highest BCUT2D eigenvalue weighted by Gasteiger charge is 2.32. The summed E-state index contributed by atoms with van der Waals surface area (Å²) in [5.41, 5.74) is 2.52. The summed E-state index contributed by atoms with van der Waals surface area (Å²) < 4.78 is 11.2. The topological polar surface area (TPSA) is 47.6 Å². The van der Waals surface area contributed by atoms with Crippen molar-refractivity contribution in [2.75, 3.05) is 6.61 Å². The molecule has 0 fully saturated rings. The van der Waals surface area contributed by atoms with E-state index in [-0.39, 0.29) is 5.54 Å². The number of rotatable bonds is 3. The van der Waals surface area contributed by atoms with E-state index < -0.39 is 0 Å². The highest BCUT2D eigenvalue weighted by atomic mass is 16.5. The van der Waals surface area contributed by atoms with E-state index in [1.165, 1.54) is 0 Å². The van der Waals surface area contributed by atoms with Crippen LogP contribution in [0.3, 0.4) is 0 Å². The van der Waals surface area contributed by atoms with Crippen LogP contribution >= 0.6 is 0 Å². The van der Waals surface area contributed by atoms with Gasteiger partial charge in [0.25, 0.3) is 0 Å². The van der Waals surface area contributed by atoms with Crippen LogP contribution in [0, 0.1) is 0 Å². The van der Waals surface area contributed by atoms with E-state index in [2.05, 4.69) is 24.0 Å². The van der Waals surface area contributed by atoms with Gasteiger partial charge in [-0.3, -0.25) is 0 Å². The van der Waals surface area contributed by atoms with E-state index in [1.54, 1.807) is 0 Å². The predicted molar refractivity (Wildman–Crippen MR) is 77.9 cm³/mol. The van der Waals surface area contributed by atoms with E-state index in [0.29, 0.717) is 12.5 Å².